The average Bonchev–Trinajstić information content (AvgIpc) is 2.96. The van der Waals surface area contributed by atoms with E-state index < -0.39 is 0 Å². The maximum Gasteiger partial charge on any atom is 0.0858 e. The van der Waals surface area contributed by atoms with E-state index in [1.54, 1.807) is 0 Å². The van der Waals surface area contributed by atoms with Crippen molar-refractivity contribution in [3.05, 3.63) is 78.4 Å². The first kappa shape index (κ1) is 26.7. The minimum Gasteiger partial charge on any atom is -0.372 e. The van der Waals surface area contributed by atoms with Gasteiger partial charge in [0.2, 0.25) is 0 Å². The molecule has 37 heavy (non-hydrogen) atoms. The molecule has 3 aromatic carbocycles. The van der Waals surface area contributed by atoms with Crippen molar-refractivity contribution in [1.82, 2.24) is 0 Å². The van der Waals surface area contributed by atoms with Crippen molar-refractivity contribution in [2.75, 3.05) is 28.8 Å². The lowest BCUT2D eigenvalue weighted by atomic mass is 9.77. The van der Waals surface area contributed by atoms with Crippen LogP contribution in [0.15, 0.2) is 83.0 Å². The summed E-state index contributed by atoms with van der Waals surface area (Å²) in [6, 6.07) is 25.1. The van der Waals surface area contributed by atoms with Gasteiger partial charge in [-0.25, -0.2) is 0 Å². The minimum absolute atomic E-state index is 0.706. The van der Waals surface area contributed by atoms with Gasteiger partial charge in [-0.15, -0.1) is 0 Å². The number of benzene rings is 3. The number of anilines is 3. The van der Waals surface area contributed by atoms with Gasteiger partial charge in [0.15, 0.2) is 0 Å². The predicted molar refractivity (Wildman–Crippen MR) is 159 cm³/mol. The van der Waals surface area contributed by atoms with Crippen LogP contribution in [-0.4, -0.2) is 13.1 Å². The zero-order valence-electron chi connectivity index (χ0n) is 22.8. The molecule has 0 bridgehead atoms. The van der Waals surface area contributed by atoms with Gasteiger partial charge < -0.3 is 15.8 Å². The van der Waals surface area contributed by atoms with Crippen molar-refractivity contribution >= 4 is 28.4 Å². The average molecular weight is 498 g/mol. The SMILES string of the molecule is CCCCC1CCC(c2ccc(N=Nc3ccc(NNc4ccc(N(CC)CC)cc4)cc3)cc2)CC1. The number of rotatable bonds is 12. The highest BCUT2D eigenvalue weighted by molar-refractivity contribution is 5.59. The van der Waals surface area contributed by atoms with Gasteiger partial charge in [0.1, 0.15) is 0 Å². The summed E-state index contributed by atoms with van der Waals surface area (Å²) in [5.41, 5.74) is 12.9. The van der Waals surface area contributed by atoms with Crippen LogP contribution in [0.5, 0.6) is 0 Å². The van der Waals surface area contributed by atoms with E-state index in [1.165, 1.54) is 56.2 Å². The molecule has 4 rings (SSSR count). The lowest BCUT2D eigenvalue weighted by Gasteiger charge is -2.28. The molecule has 2 N–H and O–H groups in total. The molecular weight excluding hydrogens is 454 g/mol. The third kappa shape index (κ3) is 7.82. The molecule has 5 nitrogen and oxygen atoms in total. The molecular formula is C32H43N5. The monoisotopic (exact) mass is 497 g/mol. The molecule has 0 radical (unpaired) electrons. The molecule has 5 heteroatoms. The molecule has 1 saturated carbocycles. The molecule has 0 spiro atoms. The lowest BCUT2D eigenvalue weighted by Crippen LogP contribution is -2.21. The van der Waals surface area contributed by atoms with Crippen LogP contribution >= 0.6 is 0 Å². The fourth-order valence-electron chi connectivity index (χ4n) is 5.31. The number of nitrogens with zero attached hydrogens (tertiary/aromatic N) is 3. The second-order valence-corrected chi connectivity index (χ2v) is 10.2. The summed E-state index contributed by atoms with van der Waals surface area (Å²) < 4.78 is 0. The highest BCUT2D eigenvalue weighted by atomic mass is 15.4. The molecule has 1 aliphatic rings. The number of azo groups is 1. The Balaban J connectivity index is 1.24. The normalized spacial score (nSPS) is 17.6. The van der Waals surface area contributed by atoms with Crippen LogP contribution < -0.4 is 15.8 Å². The number of hydrazine groups is 1. The summed E-state index contributed by atoms with van der Waals surface area (Å²) in [5.74, 6) is 1.66. The van der Waals surface area contributed by atoms with Crippen molar-refractivity contribution in [3.63, 3.8) is 0 Å². The Hall–Kier alpha value is -3.34. The smallest absolute Gasteiger partial charge is 0.0858 e. The zero-order valence-corrected chi connectivity index (χ0v) is 22.8. The van der Waals surface area contributed by atoms with E-state index in [1.807, 2.05) is 24.3 Å². The number of unbranched alkanes of at least 4 members (excludes halogenated alkanes) is 1. The Morgan fingerprint density at radius 1 is 0.676 bits per heavy atom. The van der Waals surface area contributed by atoms with Crippen LogP contribution in [-0.2, 0) is 0 Å². The summed E-state index contributed by atoms with van der Waals surface area (Å²) in [4.78, 5) is 2.33. The molecule has 0 amide bonds. The molecule has 0 atom stereocenters. The van der Waals surface area contributed by atoms with Gasteiger partial charge in [0, 0.05) is 18.8 Å². The van der Waals surface area contributed by atoms with Crippen LogP contribution in [0.2, 0.25) is 0 Å². The number of nitrogens with one attached hydrogen (secondary N) is 2. The summed E-state index contributed by atoms with van der Waals surface area (Å²) in [7, 11) is 0. The van der Waals surface area contributed by atoms with Gasteiger partial charge >= 0.3 is 0 Å². The van der Waals surface area contributed by atoms with E-state index in [-0.39, 0.29) is 0 Å². The molecule has 0 unspecified atom stereocenters. The molecule has 1 aliphatic carbocycles. The van der Waals surface area contributed by atoms with Crippen molar-refractivity contribution in [3.8, 4) is 0 Å². The molecule has 0 aliphatic heterocycles. The molecule has 196 valence electrons. The van der Waals surface area contributed by atoms with Crippen LogP contribution in [0.4, 0.5) is 28.4 Å². The number of hydrogen-bond donors (Lipinski definition) is 2. The van der Waals surface area contributed by atoms with E-state index in [0.717, 1.165) is 41.8 Å². The summed E-state index contributed by atoms with van der Waals surface area (Å²) in [5, 5.41) is 8.88. The summed E-state index contributed by atoms with van der Waals surface area (Å²) in [6.45, 7) is 8.67. The van der Waals surface area contributed by atoms with Gasteiger partial charge in [0.25, 0.3) is 0 Å². The van der Waals surface area contributed by atoms with Crippen molar-refractivity contribution < 1.29 is 0 Å². The minimum atomic E-state index is 0.706. The van der Waals surface area contributed by atoms with Gasteiger partial charge in [0.05, 0.1) is 22.7 Å². The fourth-order valence-corrected chi connectivity index (χ4v) is 5.31. The standard InChI is InChI=1S/C32H43N5/c1-4-7-8-25-9-11-26(12-10-25)27-13-15-28(16-14-27)33-34-29-17-19-30(20-18-29)35-36-31-21-23-32(24-22-31)37(5-2)6-3/h13-26,35-36H,4-12H2,1-3H3. The lowest BCUT2D eigenvalue weighted by molar-refractivity contribution is 0.304. The van der Waals surface area contributed by atoms with Crippen molar-refractivity contribution in [2.45, 2.75) is 71.6 Å². The number of hydrogen-bond acceptors (Lipinski definition) is 5. The zero-order chi connectivity index (χ0) is 25.9. The molecule has 1 fully saturated rings. The predicted octanol–water partition coefficient (Wildman–Crippen LogP) is 9.85. The van der Waals surface area contributed by atoms with Crippen LogP contribution in [0.1, 0.15) is 77.2 Å². The second kappa shape index (κ2) is 13.8. The highest BCUT2D eigenvalue weighted by Crippen LogP contribution is 2.38. The first-order valence-electron chi connectivity index (χ1n) is 14.2. The van der Waals surface area contributed by atoms with Crippen LogP contribution in [0.25, 0.3) is 0 Å². The third-order valence-corrected chi connectivity index (χ3v) is 7.67. The molecule has 0 heterocycles. The van der Waals surface area contributed by atoms with E-state index in [0.29, 0.717) is 5.92 Å². The van der Waals surface area contributed by atoms with Crippen molar-refractivity contribution in [2.24, 2.45) is 16.1 Å². The Labute approximate surface area is 223 Å². The molecule has 0 aromatic heterocycles. The van der Waals surface area contributed by atoms with Gasteiger partial charge in [-0.1, -0.05) is 38.3 Å². The van der Waals surface area contributed by atoms with Gasteiger partial charge in [-0.3, -0.25) is 0 Å². The summed E-state index contributed by atoms with van der Waals surface area (Å²) >= 11 is 0. The fraction of sp³-hybridized carbons (Fsp3) is 0.438. The largest absolute Gasteiger partial charge is 0.372 e. The van der Waals surface area contributed by atoms with E-state index in [9.17, 15) is 0 Å². The van der Waals surface area contributed by atoms with Crippen LogP contribution in [0.3, 0.4) is 0 Å². The van der Waals surface area contributed by atoms with Gasteiger partial charge in [-0.2, -0.15) is 10.2 Å². The quantitative estimate of drug-likeness (QED) is 0.193. The second-order valence-electron chi connectivity index (χ2n) is 10.2. The third-order valence-electron chi connectivity index (χ3n) is 7.67. The Morgan fingerprint density at radius 2 is 1.19 bits per heavy atom. The van der Waals surface area contributed by atoms with Crippen LogP contribution in [0, 0.1) is 5.92 Å². The first-order valence-corrected chi connectivity index (χ1v) is 14.2. The van der Waals surface area contributed by atoms with Gasteiger partial charge in [-0.05, 0) is 118 Å². The van der Waals surface area contributed by atoms with E-state index in [4.69, 9.17) is 0 Å². The molecule has 0 saturated heterocycles. The highest BCUT2D eigenvalue weighted by Gasteiger charge is 2.21. The Bertz CT molecular complexity index is 1080. The molecule has 3 aromatic rings. The Kier molecular flexibility index (Phi) is 9.98. The topological polar surface area (TPSA) is 52.0 Å². The van der Waals surface area contributed by atoms with E-state index >= 15 is 0 Å². The van der Waals surface area contributed by atoms with E-state index in [2.05, 4.69) is 95.3 Å². The van der Waals surface area contributed by atoms with Crippen molar-refractivity contribution in [1.29, 1.82) is 0 Å². The Morgan fingerprint density at radius 3 is 1.70 bits per heavy atom. The maximum absolute atomic E-state index is 4.45. The first-order chi connectivity index (χ1) is 18.2. The summed E-state index contributed by atoms with van der Waals surface area (Å²) in [6.07, 6.45) is 9.54. The maximum atomic E-state index is 4.45.